The fraction of sp³-hybridized carbons (Fsp3) is 0.545. The van der Waals surface area contributed by atoms with Gasteiger partial charge in [-0.15, -0.1) is 0 Å². The number of aromatic nitrogens is 4. The van der Waals surface area contributed by atoms with Crippen LogP contribution in [0.2, 0.25) is 0 Å². The molecule has 0 saturated carbocycles. The van der Waals surface area contributed by atoms with Crippen molar-refractivity contribution in [1.82, 2.24) is 19.5 Å². The predicted molar refractivity (Wildman–Crippen MR) is 66.5 cm³/mol. The molecule has 2 heterocycles. The van der Waals surface area contributed by atoms with Gasteiger partial charge < -0.3 is 19.9 Å². The van der Waals surface area contributed by atoms with E-state index in [2.05, 4.69) is 15.0 Å². The van der Waals surface area contributed by atoms with Crippen molar-refractivity contribution in [2.75, 3.05) is 6.61 Å². The van der Waals surface area contributed by atoms with Gasteiger partial charge in [0.1, 0.15) is 12.3 Å². The van der Waals surface area contributed by atoms with Gasteiger partial charge in [0.25, 0.3) is 5.56 Å². The molecule has 3 atom stereocenters. The van der Waals surface area contributed by atoms with Crippen molar-refractivity contribution in [3.8, 4) is 0 Å². The van der Waals surface area contributed by atoms with E-state index >= 15 is 0 Å². The Morgan fingerprint density at radius 3 is 2.84 bits per heavy atom. The van der Waals surface area contributed by atoms with E-state index in [4.69, 9.17) is 9.84 Å². The highest BCUT2D eigenvalue weighted by molar-refractivity contribution is 5.68. The van der Waals surface area contributed by atoms with Crippen molar-refractivity contribution >= 4 is 11.2 Å². The fourth-order valence-corrected chi connectivity index (χ4v) is 1.76. The van der Waals surface area contributed by atoms with Crippen LogP contribution in [0.3, 0.4) is 0 Å². The molecule has 8 heteroatoms. The average Bonchev–Trinajstić information content (AvgIpc) is 2.80. The molecule has 0 fully saturated rings. The van der Waals surface area contributed by atoms with Crippen LogP contribution in [0, 0.1) is 0 Å². The third kappa shape index (κ3) is 2.65. The maximum Gasteiger partial charge on any atom is 0.278 e. The molecule has 1 unspecified atom stereocenters. The highest BCUT2D eigenvalue weighted by atomic mass is 16.5. The molecule has 0 aliphatic heterocycles. The number of hydrogen-bond acceptors (Lipinski definition) is 6. The summed E-state index contributed by atoms with van der Waals surface area (Å²) in [6, 6.07) is 0. The molecule has 0 amide bonds. The molecule has 2 rings (SSSR count). The minimum absolute atomic E-state index is 0.218. The zero-order valence-corrected chi connectivity index (χ0v) is 10.6. The Morgan fingerprint density at radius 1 is 1.47 bits per heavy atom. The number of nitrogens with zero attached hydrogens (tertiary/aromatic N) is 3. The Hall–Kier alpha value is -1.77. The van der Waals surface area contributed by atoms with Crippen LogP contribution in [0.4, 0.5) is 0 Å². The van der Waals surface area contributed by atoms with Crippen LogP contribution in [0.5, 0.6) is 0 Å². The number of aliphatic hydroxyl groups is 2. The average molecular weight is 268 g/mol. The van der Waals surface area contributed by atoms with E-state index < -0.39 is 18.4 Å². The van der Waals surface area contributed by atoms with E-state index in [1.165, 1.54) is 19.6 Å². The van der Waals surface area contributed by atoms with E-state index in [1.54, 1.807) is 11.5 Å². The Bertz CT molecular complexity index is 606. The molecule has 0 aliphatic rings. The van der Waals surface area contributed by atoms with Gasteiger partial charge in [0, 0.05) is 0 Å². The number of hydrogen-bond donors (Lipinski definition) is 3. The summed E-state index contributed by atoms with van der Waals surface area (Å²) in [5, 5.41) is 18.6. The van der Waals surface area contributed by atoms with Gasteiger partial charge in [-0.1, -0.05) is 0 Å². The minimum atomic E-state index is -0.807. The summed E-state index contributed by atoms with van der Waals surface area (Å²) in [5.41, 5.74) is 0.277. The minimum Gasteiger partial charge on any atom is -0.394 e. The number of rotatable bonds is 5. The number of H-pyrrole nitrogens is 1. The Morgan fingerprint density at radius 2 is 2.21 bits per heavy atom. The van der Waals surface area contributed by atoms with Crippen LogP contribution >= 0.6 is 0 Å². The summed E-state index contributed by atoms with van der Waals surface area (Å²) in [7, 11) is 0. The lowest BCUT2D eigenvalue weighted by molar-refractivity contribution is -0.110. The second-order valence-electron chi connectivity index (χ2n) is 4.25. The number of nitrogens with one attached hydrogen (secondary N) is 1. The molecule has 2 aromatic heterocycles. The van der Waals surface area contributed by atoms with Crippen molar-refractivity contribution < 1.29 is 14.9 Å². The first-order valence-corrected chi connectivity index (χ1v) is 5.89. The van der Waals surface area contributed by atoms with Crippen LogP contribution in [0.1, 0.15) is 20.1 Å². The number of aliphatic hydroxyl groups excluding tert-OH is 2. The maximum atomic E-state index is 11.5. The van der Waals surface area contributed by atoms with Gasteiger partial charge in [-0.3, -0.25) is 9.36 Å². The van der Waals surface area contributed by atoms with Gasteiger partial charge in [0.2, 0.25) is 0 Å². The quantitative estimate of drug-likeness (QED) is 0.667. The van der Waals surface area contributed by atoms with E-state index in [1.807, 2.05) is 0 Å². The number of ether oxygens (including phenoxy) is 1. The molecular formula is C11H16N4O4. The normalized spacial score (nSPS) is 16.4. The monoisotopic (exact) mass is 268 g/mol. The van der Waals surface area contributed by atoms with Gasteiger partial charge >= 0.3 is 0 Å². The molecule has 0 bridgehead atoms. The number of fused-ring (bicyclic) bond motifs is 1. The number of imidazole rings is 1. The molecular weight excluding hydrogens is 252 g/mol. The van der Waals surface area contributed by atoms with Crippen molar-refractivity contribution in [3.05, 3.63) is 23.0 Å². The molecule has 8 nitrogen and oxygen atoms in total. The van der Waals surface area contributed by atoms with Crippen LogP contribution < -0.4 is 5.56 Å². The smallest absolute Gasteiger partial charge is 0.278 e. The van der Waals surface area contributed by atoms with Gasteiger partial charge in [-0.05, 0) is 13.8 Å². The molecule has 0 saturated heterocycles. The van der Waals surface area contributed by atoms with Gasteiger partial charge in [0.05, 0.1) is 25.4 Å². The van der Waals surface area contributed by atoms with Gasteiger partial charge in [-0.2, -0.15) is 0 Å². The first kappa shape index (κ1) is 13.7. The summed E-state index contributed by atoms with van der Waals surface area (Å²) in [4.78, 5) is 22.0. The summed E-state index contributed by atoms with van der Waals surface area (Å²) in [6.45, 7) is 2.94. The van der Waals surface area contributed by atoms with Crippen LogP contribution in [0.25, 0.3) is 11.2 Å². The standard InChI is InChI=1S/C11H16N4O4/c1-6(17)8(3-16)19-7(2)15-5-14-9-10(15)12-4-13-11(9)18/h4-8,16-17H,3H2,1-2H3,(H,12,13,18)/t6?,7-,8-/m1/s1. The first-order valence-electron chi connectivity index (χ1n) is 5.89. The van der Waals surface area contributed by atoms with Crippen molar-refractivity contribution in [2.45, 2.75) is 32.3 Å². The second-order valence-corrected chi connectivity index (χ2v) is 4.25. The third-order valence-corrected chi connectivity index (χ3v) is 2.85. The van der Waals surface area contributed by atoms with Crippen molar-refractivity contribution in [3.63, 3.8) is 0 Å². The Labute approximate surface area is 108 Å². The van der Waals surface area contributed by atoms with Crippen LogP contribution in [-0.4, -0.2) is 48.5 Å². The molecule has 2 aromatic rings. The molecule has 19 heavy (non-hydrogen) atoms. The summed E-state index contributed by atoms with van der Waals surface area (Å²) < 4.78 is 7.09. The van der Waals surface area contributed by atoms with Crippen molar-refractivity contribution in [1.29, 1.82) is 0 Å². The predicted octanol–water partition coefficient (Wildman–Crippen LogP) is -0.604. The summed E-state index contributed by atoms with van der Waals surface area (Å²) in [6.07, 6.45) is 0.682. The van der Waals surface area contributed by atoms with Crippen molar-refractivity contribution in [2.24, 2.45) is 0 Å². The topological polar surface area (TPSA) is 113 Å². The number of aromatic amines is 1. The largest absolute Gasteiger partial charge is 0.394 e. The fourth-order valence-electron chi connectivity index (χ4n) is 1.76. The van der Waals surface area contributed by atoms with E-state index in [-0.39, 0.29) is 17.7 Å². The second kappa shape index (κ2) is 5.47. The molecule has 0 radical (unpaired) electrons. The molecule has 0 aliphatic carbocycles. The first-order chi connectivity index (χ1) is 9.04. The summed E-state index contributed by atoms with van der Waals surface area (Å²) >= 11 is 0. The van der Waals surface area contributed by atoms with Crippen LogP contribution in [0.15, 0.2) is 17.4 Å². The third-order valence-electron chi connectivity index (χ3n) is 2.85. The molecule has 104 valence electrons. The maximum absolute atomic E-state index is 11.5. The van der Waals surface area contributed by atoms with Gasteiger partial charge in [-0.25, -0.2) is 9.97 Å². The summed E-state index contributed by atoms with van der Waals surface area (Å²) in [5.74, 6) is 0. The zero-order chi connectivity index (χ0) is 14.0. The highest BCUT2D eigenvalue weighted by Gasteiger charge is 2.20. The lowest BCUT2D eigenvalue weighted by atomic mass is 10.2. The lowest BCUT2D eigenvalue weighted by Gasteiger charge is -2.23. The van der Waals surface area contributed by atoms with E-state index in [0.717, 1.165) is 0 Å². The van der Waals surface area contributed by atoms with Crippen LogP contribution in [-0.2, 0) is 4.74 Å². The van der Waals surface area contributed by atoms with E-state index in [0.29, 0.717) is 5.65 Å². The molecule has 0 aromatic carbocycles. The molecule has 3 N–H and O–H groups in total. The SMILES string of the molecule is CC(O)[C@@H](CO)O[C@H](C)n1cnc2c(=O)[nH]cnc21. The zero-order valence-electron chi connectivity index (χ0n) is 10.6. The van der Waals surface area contributed by atoms with Gasteiger partial charge in [0.15, 0.2) is 11.2 Å². The Kier molecular flexibility index (Phi) is 3.93. The van der Waals surface area contributed by atoms with E-state index in [9.17, 15) is 9.90 Å². The molecule has 0 spiro atoms. The highest BCUT2D eigenvalue weighted by Crippen LogP contribution is 2.16. The Balaban J connectivity index is 2.29. The lowest BCUT2D eigenvalue weighted by Crippen LogP contribution is -2.32.